The minimum atomic E-state index is -0.294. The van der Waals surface area contributed by atoms with Crippen molar-refractivity contribution in [3.63, 3.8) is 0 Å². The van der Waals surface area contributed by atoms with Gasteiger partial charge in [-0.15, -0.1) is 0 Å². The summed E-state index contributed by atoms with van der Waals surface area (Å²) in [6.45, 7) is 0. The van der Waals surface area contributed by atoms with Crippen molar-refractivity contribution in [2.75, 3.05) is 0 Å². The third-order valence-corrected chi connectivity index (χ3v) is 3.37. The molecular weight excluding hydrogens is 322 g/mol. The van der Waals surface area contributed by atoms with Crippen LogP contribution in [0, 0.1) is 5.82 Å². The molecule has 0 aliphatic heterocycles. The summed E-state index contributed by atoms with van der Waals surface area (Å²) in [5.41, 5.74) is 3.58. The zero-order valence-electron chi connectivity index (χ0n) is 9.29. The highest BCUT2D eigenvalue weighted by molar-refractivity contribution is 9.10. The van der Waals surface area contributed by atoms with E-state index in [1.54, 1.807) is 24.3 Å². The van der Waals surface area contributed by atoms with E-state index in [4.69, 9.17) is 21.9 Å². The third-order valence-electron chi connectivity index (χ3n) is 2.56. The molecule has 1 heterocycles. The molecule has 0 amide bonds. The van der Waals surface area contributed by atoms with Crippen LogP contribution in [0.4, 0.5) is 4.39 Å². The third kappa shape index (κ3) is 3.11. The van der Waals surface area contributed by atoms with Crippen molar-refractivity contribution >= 4 is 27.5 Å². The Bertz CT molecular complexity index is 547. The second kappa shape index (κ2) is 5.84. The lowest BCUT2D eigenvalue weighted by atomic mass is 10.0. The molecule has 1 aromatic heterocycles. The number of nitrogens with two attached hydrogens (primary N) is 1. The Morgan fingerprint density at radius 1 is 1.39 bits per heavy atom. The van der Waals surface area contributed by atoms with Gasteiger partial charge in [-0.2, -0.15) is 0 Å². The van der Waals surface area contributed by atoms with Gasteiger partial charge in [0.05, 0.1) is 10.5 Å². The van der Waals surface area contributed by atoms with Crippen LogP contribution in [0.2, 0.25) is 5.22 Å². The Balaban J connectivity index is 2.17. The zero-order valence-corrected chi connectivity index (χ0v) is 11.6. The molecule has 0 aliphatic carbocycles. The summed E-state index contributed by atoms with van der Waals surface area (Å²) in [5, 5.41) is 0.311. The molecule has 6 heteroatoms. The molecule has 0 fully saturated rings. The number of halogens is 3. The fourth-order valence-corrected chi connectivity index (χ4v) is 2.24. The smallest absolute Gasteiger partial charge is 0.193 e. The van der Waals surface area contributed by atoms with Crippen molar-refractivity contribution in [2.24, 2.45) is 5.84 Å². The predicted molar refractivity (Wildman–Crippen MR) is 71.6 cm³/mol. The molecule has 2 rings (SSSR count). The van der Waals surface area contributed by atoms with Gasteiger partial charge < -0.3 is 4.42 Å². The van der Waals surface area contributed by atoms with Gasteiger partial charge in [-0.05, 0) is 63.8 Å². The van der Waals surface area contributed by atoms with Crippen molar-refractivity contribution in [3.05, 3.63) is 57.2 Å². The number of benzene rings is 1. The molecule has 0 spiro atoms. The Hall–Kier alpha value is -0.880. The number of hydrazine groups is 1. The Morgan fingerprint density at radius 3 is 2.72 bits per heavy atom. The zero-order chi connectivity index (χ0) is 13.1. The van der Waals surface area contributed by atoms with Gasteiger partial charge in [0.15, 0.2) is 5.22 Å². The summed E-state index contributed by atoms with van der Waals surface area (Å²) >= 11 is 8.87. The van der Waals surface area contributed by atoms with Crippen LogP contribution < -0.4 is 11.3 Å². The maximum Gasteiger partial charge on any atom is 0.193 e. The number of hydrogen-bond acceptors (Lipinski definition) is 3. The highest BCUT2D eigenvalue weighted by atomic mass is 79.9. The highest BCUT2D eigenvalue weighted by Crippen LogP contribution is 2.24. The normalized spacial score (nSPS) is 12.7. The minimum Gasteiger partial charge on any atom is -0.448 e. The molecule has 1 atom stereocenters. The van der Waals surface area contributed by atoms with Crippen LogP contribution in [0.5, 0.6) is 0 Å². The molecule has 1 unspecified atom stereocenters. The van der Waals surface area contributed by atoms with Crippen LogP contribution in [0.1, 0.15) is 17.4 Å². The molecule has 18 heavy (non-hydrogen) atoms. The van der Waals surface area contributed by atoms with Crippen LogP contribution in [-0.4, -0.2) is 0 Å². The topological polar surface area (TPSA) is 51.2 Å². The van der Waals surface area contributed by atoms with Gasteiger partial charge in [-0.25, -0.2) is 9.82 Å². The summed E-state index contributed by atoms with van der Waals surface area (Å²) in [6.07, 6.45) is 0.569. The first kappa shape index (κ1) is 13.5. The largest absolute Gasteiger partial charge is 0.448 e. The molecule has 0 saturated heterocycles. The van der Waals surface area contributed by atoms with E-state index in [1.807, 2.05) is 0 Å². The first-order valence-electron chi connectivity index (χ1n) is 5.25. The molecular formula is C12H11BrClFN2O. The highest BCUT2D eigenvalue weighted by Gasteiger charge is 2.15. The number of nitrogens with one attached hydrogen (secondary N) is 1. The average Bonchev–Trinajstić information content (AvgIpc) is 2.77. The van der Waals surface area contributed by atoms with E-state index in [2.05, 4.69) is 21.4 Å². The van der Waals surface area contributed by atoms with E-state index in [1.165, 1.54) is 6.07 Å². The lowest BCUT2D eigenvalue weighted by molar-refractivity contribution is 0.417. The van der Waals surface area contributed by atoms with Gasteiger partial charge >= 0.3 is 0 Å². The first-order chi connectivity index (χ1) is 8.60. The summed E-state index contributed by atoms with van der Waals surface area (Å²) in [7, 11) is 0. The van der Waals surface area contributed by atoms with E-state index >= 15 is 0 Å². The Kier molecular flexibility index (Phi) is 4.40. The summed E-state index contributed by atoms with van der Waals surface area (Å²) in [4.78, 5) is 0. The predicted octanol–water partition coefficient (Wildman–Crippen LogP) is 3.58. The SMILES string of the molecule is NNC(Cc1ccc(F)c(Br)c1)c1ccc(Cl)o1. The van der Waals surface area contributed by atoms with E-state index in [-0.39, 0.29) is 11.9 Å². The average molecular weight is 334 g/mol. The van der Waals surface area contributed by atoms with Gasteiger partial charge in [0.25, 0.3) is 0 Å². The number of rotatable bonds is 4. The Labute approximate surface area is 117 Å². The maximum atomic E-state index is 13.1. The molecule has 2 aromatic rings. The van der Waals surface area contributed by atoms with Gasteiger partial charge in [0.2, 0.25) is 0 Å². The molecule has 0 bridgehead atoms. The van der Waals surface area contributed by atoms with Gasteiger partial charge in [0.1, 0.15) is 11.6 Å². The lowest BCUT2D eigenvalue weighted by Gasteiger charge is -2.13. The van der Waals surface area contributed by atoms with Gasteiger partial charge in [-0.3, -0.25) is 5.84 Å². The summed E-state index contributed by atoms with van der Waals surface area (Å²) in [6, 6.07) is 8.02. The van der Waals surface area contributed by atoms with Crippen molar-refractivity contribution in [2.45, 2.75) is 12.5 Å². The standard InChI is InChI=1S/C12H11BrClFN2O/c13-8-5-7(1-2-9(8)15)6-10(17-16)11-3-4-12(14)18-11/h1-5,10,17H,6,16H2. The molecule has 1 aromatic carbocycles. The van der Waals surface area contributed by atoms with Gasteiger partial charge in [-0.1, -0.05) is 6.07 Å². The van der Waals surface area contributed by atoms with E-state index in [0.29, 0.717) is 21.9 Å². The van der Waals surface area contributed by atoms with Crippen LogP contribution in [0.3, 0.4) is 0 Å². The fourth-order valence-electron chi connectivity index (χ4n) is 1.66. The molecule has 0 saturated carbocycles. The van der Waals surface area contributed by atoms with E-state index < -0.39 is 0 Å². The quantitative estimate of drug-likeness (QED) is 0.664. The molecule has 0 aliphatic rings. The first-order valence-corrected chi connectivity index (χ1v) is 6.42. The maximum absolute atomic E-state index is 13.1. The molecule has 96 valence electrons. The van der Waals surface area contributed by atoms with Crippen LogP contribution >= 0.6 is 27.5 Å². The summed E-state index contributed by atoms with van der Waals surface area (Å²) in [5.74, 6) is 5.84. The minimum absolute atomic E-state index is 0.213. The number of furan rings is 1. The van der Waals surface area contributed by atoms with Crippen LogP contribution in [0.25, 0.3) is 0 Å². The van der Waals surface area contributed by atoms with E-state index in [0.717, 1.165) is 5.56 Å². The molecule has 3 N–H and O–H groups in total. The van der Waals surface area contributed by atoms with Crippen molar-refractivity contribution in [3.8, 4) is 0 Å². The fraction of sp³-hybridized carbons (Fsp3) is 0.167. The van der Waals surface area contributed by atoms with Gasteiger partial charge in [0, 0.05) is 0 Å². The van der Waals surface area contributed by atoms with Crippen molar-refractivity contribution in [1.82, 2.24) is 5.43 Å². The van der Waals surface area contributed by atoms with Crippen LogP contribution in [-0.2, 0) is 6.42 Å². The second-order valence-electron chi connectivity index (χ2n) is 3.81. The lowest BCUT2D eigenvalue weighted by Crippen LogP contribution is -2.29. The second-order valence-corrected chi connectivity index (χ2v) is 5.04. The molecule has 0 radical (unpaired) electrons. The van der Waals surface area contributed by atoms with E-state index in [9.17, 15) is 4.39 Å². The van der Waals surface area contributed by atoms with Crippen molar-refractivity contribution < 1.29 is 8.81 Å². The molecule has 3 nitrogen and oxygen atoms in total. The van der Waals surface area contributed by atoms with Crippen molar-refractivity contribution in [1.29, 1.82) is 0 Å². The summed E-state index contributed by atoms with van der Waals surface area (Å²) < 4.78 is 18.8. The number of hydrogen-bond donors (Lipinski definition) is 2. The Morgan fingerprint density at radius 2 is 2.17 bits per heavy atom. The monoisotopic (exact) mass is 332 g/mol. The van der Waals surface area contributed by atoms with Crippen LogP contribution in [0.15, 0.2) is 39.2 Å².